The number of rotatable bonds is 4. The molecule has 3 rings (SSSR count). The summed E-state index contributed by atoms with van der Waals surface area (Å²) in [6.07, 6.45) is 5.41. The quantitative estimate of drug-likeness (QED) is 0.649. The molecule has 2 aliphatic rings. The van der Waals surface area contributed by atoms with Crippen molar-refractivity contribution in [3.05, 3.63) is 23.9 Å². The molecule has 20 heavy (non-hydrogen) atoms. The van der Waals surface area contributed by atoms with Gasteiger partial charge in [-0.2, -0.15) is 0 Å². The lowest BCUT2D eigenvalue weighted by molar-refractivity contribution is 0.0748. The minimum Gasteiger partial charge on any atom is -0.340 e. The second kappa shape index (κ2) is 5.40. The molecule has 3 unspecified atom stereocenters. The lowest BCUT2D eigenvalue weighted by Crippen LogP contribution is -2.34. The fraction of sp³-hybridized carbons (Fsp3) is 0.600. The van der Waals surface area contributed by atoms with Gasteiger partial charge in [0.05, 0.1) is 0 Å². The molecule has 5 nitrogen and oxygen atoms in total. The second-order valence-electron chi connectivity index (χ2n) is 6.17. The van der Waals surface area contributed by atoms with Crippen LogP contribution in [0, 0.1) is 17.8 Å². The third-order valence-corrected chi connectivity index (χ3v) is 4.86. The van der Waals surface area contributed by atoms with Crippen LogP contribution in [0.15, 0.2) is 18.2 Å². The second-order valence-corrected chi connectivity index (χ2v) is 6.17. The number of hydrogen-bond acceptors (Lipinski definition) is 4. The number of nitrogens with one attached hydrogen (secondary N) is 1. The lowest BCUT2D eigenvalue weighted by atomic mass is 9.88. The molecule has 2 aliphatic carbocycles. The third-order valence-electron chi connectivity index (χ3n) is 4.86. The van der Waals surface area contributed by atoms with Crippen LogP contribution in [0.5, 0.6) is 0 Å². The highest BCUT2D eigenvalue weighted by molar-refractivity contribution is 5.92. The summed E-state index contributed by atoms with van der Waals surface area (Å²) in [4.78, 5) is 18.4. The van der Waals surface area contributed by atoms with Crippen LogP contribution in [0.3, 0.4) is 0 Å². The van der Waals surface area contributed by atoms with E-state index in [9.17, 15) is 4.79 Å². The molecule has 0 aliphatic heterocycles. The predicted molar refractivity (Wildman–Crippen MR) is 77.9 cm³/mol. The van der Waals surface area contributed by atoms with Crippen molar-refractivity contribution in [2.45, 2.75) is 25.7 Å². The Labute approximate surface area is 119 Å². The van der Waals surface area contributed by atoms with E-state index < -0.39 is 0 Å². The van der Waals surface area contributed by atoms with Gasteiger partial charge in [0.2, 0.25) is 0 Å². The van der Waals surface area contributed by atoms with Gasteiger partial charge in [-0.1, -0.05) is 12.5 Å². The van der Waals surface area contributed by atoms with E-state index in [0.717, 1.165) is 18.4 Å². The van der Waals surface area contributed by atoms with Gasteiger partial charge in [-0.15, -0.1) is 0 Å². The van der Waals surface area contributed by atoms with Crippen molar-refractivity contribution in [3.8, 4) is 0 Å². The van der Waals surface area contributed by atoms with Gasteiger partial charge in [-0.25, -0.2) is 10.8 Å². The van der Waals surface area contributed by atoms with Gasteiger partial charge < -0.3 is 10.3 Å². The first-order chi connectivity index (χ1) is 9.67. The van der Waals surface area contributed by atoms with E-state index in [-0.39, 0.29) is 5.91 Å². The maximum Gasteiger partial charge on any atom is 0.272 e. The van der Waals surface area contributed by atoms with E-state index in [2.05, 4.69) is 10.4 Å². The van der Waals surface area contributed by atoms with Crippen molar-refractivity contribution < 1.29 is 4.79 Å². The summed E-state index contributed by atoms with van der Waals surface area (Å²) >= 11 is 0. The van der Waals surface area contributed by atoms with Gasteiger partial charge in [0, 0.05) is 13.6 Å². The molecular weight excluding hydrogens is 252 g/mol. The number of pyridine rings is 1. The van der Waals surface area contributed by atoms with Gasteiger partial charge in [-0.05, 0) is 49.1 Å². The molecule has 2 saturated carbocycles. The smallest absolute Gasteiger partial charge is 0.272 e. The minimum absolute atomic E-state index is 0.0233. The standard InChI is InChI=1S/C15H22N4O/c1-19(9-12-8-10-5-6-11(12)7-10)15(20)13-3-2-4-14(17-13)18-16/h2-4,10-12H,5-9,16H2,1H3,(H,17,18). The number of amides is 1. The largest absolute Gasteiger partial charge is 0.340 e. The SMILES string of the molecule is CN(CC1CC2CCC1C2)C(=O)c1cccc(NN)n1. The number of nitrogen functional groups attached to an aromatic ring is 1. The molecule has 0 aromatic carbocycles. The summed E-state index contributed by atoms with van der Waals surface area (Å²) in [5.41, 5.74) is 2.92. The number of aromatic nitrogens is 1. The molecule has 0 radical (unpaired) electrons. The number of nitrogens with two attached hydrogens (primary N) is 1. The summed E-state index contributed by atoms with van der Waals surface area (Å²) in [6.45, 7) is 0.849. The molecule has 0 spiro atoms. The van der Waals surface area contributed by atoms with Crippen molar-refractivity contribution in [2.75, 3.05) is 19.0 Å². The zero-order valence-corrected chi connectivity index (χ0v) is 11.9. The summed E-state index contributed by atoms with van der Waals surface area (Å²) in [5.74, 6) is 8.25. The van der Waals surface area contributed by atoms with E-state index in [4.69, 9.17) is 5.84 Å². The van der Waals surface area contributed by atoms with Crippen molar-refractivity contribution in [3.63, 3.8) is 0 Å². The van der Waals surface area contributed by atoms with E-state index >= 15 is 0 Å². The van der Waals surface area contributed by atoms with Gasteiger partial charge >= 0.3 is 0 Å². The van der Waals surface area contributed by atoms with Crippen LogP contribution in [0.1, 0.15) is 36.2 Å². The van der Waals surface area contributed by atoms with Gasteiger partial charge in [-0.3, -0.25) is 4.79 Å². The number of hydrazine groups is 1. The van der Waals surface area contributed by atoms with Crippen molar-refractivity contribution in [1.29, 1.82) is 0 Å². The molecule has 2 bridgehead atoms. The fourth-order valence-corrected chi connectivity index (χ4v) is 3.86. The summed E-state index contributed by atoms with van der Waals surface area (Å²) in [6, 6.07) is 5.27. The van der Waals surface area contributed by atoms with Crippen LogP contribution >= 0.6 is 0 Å². The highest BCUT2D eigenvalue weighted by Crippen LogP contribution is 2.48. The topological polar surface area (TPSA) is 71.2 Å². The molecule has 108 valence electrons. The molecule has 3 N–H and O–H groups in total. The van der Waals surface area contributed by atoms with Crippen LogP contribution in [-0.4, -0.2) is 29.4 Å². The first kappa shape index (κ1) is 13.4. The molecule has 1 aromatic heterocycles. The molecule has 0 saturated heterocycles. The number of anilines is 1. The maximum atomic E-state index is 12.4. The normalized spacial score (nSPS) is 27.6. The Kier molecular flexibility index (Phi) is 3.61. The predicted octanol–water partition coefficient (Wildman–Crippen LogP) is 1.88. The Morgan fingerprint density at radius 2 is 2.30 bits per heavy atom. The average Bonchev–Trinajstić information content (AvgIpc) is 3.09. The van der Waals surface area contributed by atoms with Crippen LogP contribution in [-0.2, 0) is 0 Å². The Balaban J connectivity index is 1.64. The summed E-state index contributed by atoms with van der Waals surface area (Å²) in [5, 5.41) is 0. The summed E-state index contributed by atoms with van der Waals surface area (Å²) in [7, 11) is 1.87. The first-order valence-electron chi connectivity index (χ1n) is 7.36. The van der Waals surface area contributed by atoms with E-state index in [1.54, 1.807) is 18.2 Å². The number of nitrogens with zero attached hydrogens (tertiary/aromatic N) is 2. The zero-order valence-electron chi connectivity index (χ0n) is 11.9. The van der Waals surface area contributed by atoms with Gasteiger partial charge in [0.1, 0.15) is 11.5 Å². The average molecular weight is 274 g/mol. The summed E-state index contributed by atoms with van der Waals surface area (Å²) < 4.78 is 0. The number of carbonyl (C=O) groups is 1. The monoisotopic (exact) mass is 274 g/mol. The Morgan fingerprint density at radius 1 is 1.45 bits per heavy atom. The highest BCUT2D eigenvalue weighted by Gasteiger charge is 2.40. The molecule has 1 aromatic rings. The van der Waals surface area contributed by atoms with Crippen LogP contribution in [0.4, 0.5) is 5.82 Å². The first-order valence-corrected chi connectivity index (χ1v) is 7.36. The number of carbonyl (C=O) groups excluding carboxylic acids is 1. The van der Waals surface area contributed by atoms with E-state index in [1.165, 1.54) is 25.7 Å². The maximum absolute atomic E-state index is 12.4. The van der Waals surface area contributed by atoms with Crippen LogP contribution in [0.25, 0.3) is 0 Å². The van der Waals surface area contributed by atoms with Crippen molar-refractivity contribution >= 4 is 11.7 Å². The Bertz CT molecular complexity index is 504. The van der Waals surface area contributed by atoms with Crippen LogP contribution < -0.4 is 11.3 Å². The molecule has 1 heterocycles. The molecule has 5 heteroatoms. The van der Waals surface area contributed by atoms with Crippen molar-refractivity contribution in [2.24, 2.45) is 23.6 Å². The lowest BCUT2D eigenvalue weighted by Gasteiger charge is -2.27. The van der Waals surface area contributed by atoms with Gasteiger partial charge in [0.15, 0.2) is 0 Å². The Morgan fingerprint density at radius 3 is 2.95 bits per heavy atom. The van der Waals surface area contributed by atoms with E-state index in [0.29, 0.717) is 17.4 Å². The fourth-order valence-electron chi connectivity index (χ4n) is 3.86. The molecule has 2 fully saturated rings. The zero-order chi connectivity index (χ0) is 14.1. The van der Waals surface area contributed by atoms with E-state index in [1.807, 2.05) is 11.9 Å². The minimum atomic E-state index is -0.0233. The van der Waals surface area contributed by atoms with Crippen molar-refractivity contribution in [1.82, 2.24) is 9.88 Å². The Hall–Kier alpha value is -1.62. The molecule has 3 atom stereocenters. The molecular formula is C15H22N4O. The number of fused-ring (bicyclic) bond motifs is 2. The van der Waals surface area contributed by atoms with Gasteiger partial charge in [0.25, 0.3) is 5.91 Å². The highest BCUT2D eigenvalue weighted by atomic mass is 16.2. The molecule has 1 amide bonds. The van der Waals surface area contributed by atoms with Crippen LogP contribution in [0.2, 0.25) is 0 Å². The third kappa shape index (κ3) is 2.50. The number of hydrogen-bond donors (Lipinski definition) is 2.